The summed E-state index contributed by atoms with van der Waals surface area (Å²) in [5.74, 6) is 0.951. The van der Waals surface area contributed by atoms with Gasteiger partial charge in [0.15, 0.2) is 0 Å². The third kappa shape index (κ3) is 2.16. The fraction of sp³-hybridized carbons (Fsp3) is 0.125. The van der Waals surface area contributed by atoms with Crippen molar-refractivity contribution < 1.29 is 4.42 Å². The molecule has 2 N–H and O–H groups in total. The average molecular weight is 265 g/mol. The highest BCUT2D eigenvalue weighted by atomic mass is 16.4. The molecule has 0 spiro atoms. The highest BCUT2D eigenvalue weighted by Gasteiger charge is 2.14. The van der Waals surface area contributed by atoms with Gasteiger partial charge in [0.05, 0.1) is 5.56 Å². The summed E-state index contributed by atoms with van der Waals surface area (Å²) in [5, 5.41) is 8.20. The molecule has 0 saturated carbocycles. The molecular formula is C16H15N3O. The molecule has 0 radical (unpaired) electrons. The summed E-state index contributed by atoms with van der Waals surface area (Å²) >= 11 is 0. The largest absolute Gasteiger partial charge is 0.416 e. The van der Waals surface area contributed by atoms with Crippen molar-refractivity contribution in [3.63, 3.8) is 0 Å². The van der Waals surface area contributed by atoms with Crippen LogP contribution in [0.1, 0.15) is 11.1 Å². The molecule has 0 atom stereocenters. The summed E-state index contributed by atoms with van der Waals surface area (Å²) in [6.45, 7) is 3.99. The van der Waals surface area contributed by atoms with E-state index in [-0.39, 0.29) is 0 Å². The van der Waals surface area contributed by atoms with E-state index in [2.05, 4.69) is 10.2 Å². The second kappa shape index (κ2) is 4.81. The summed E-state index contributed by atoms with van der Waals surface area (Å²) in [6, 6.07) is 13.7. The maximum absolute atomic E-state index is 6.10. The van der Waals surface area contributed by atoms with Gasteiger partial charge in [0, 0.05) is 11.3 Å². The Morgan fingerprint density at radius 2 is 1.65 bits per heavy atom. The molecule has 3 rings (SSSR count). The highest BCUT2D eigenvalue weighted by Crippen LogP contribution is 2.30. The molecule has 0 aliphatic carbocycles. The smallest absolute Gasteiger partial charge is 0.250 e. The Bertz CT molecular complexity index is 748. The van der Waals surface area contributed by atoms with Crippen LogP contribution in [0.2, 0.25) is 0 Å². The van der Waals surface area contributed by atoms with Crippen LogP contribution in [0, 0.1) is 13.8 Å². The van der Waals surface area contributed by atoms with Crippen LogP contribution < -0.4 is 5.73 Å². The van der Waals surface area contributed by atoms with E-state index in [1.165, 1.54) is 0 Å². The lowest BCUT2D eigenvalue weighted by Crippen LogP contribution is -1.95. The molecule has 4 heteroatoms. The number of aryl methyl sites for hydroxylation is 2. The first-order valence-electron chi connectivity index (χ1n) is 6.41. The van der Waals surface area contributed by atoms with E-state index in [4.69, 9.17) is 10.2 Å². The number of hydrogen-bond acceptors (Lipinski definition) is 4. The minimum absolute atomic E-state index is 0.452. The first-order chi connectivity index (χ1) is 9.65. The van der Waals surface area contributed by atoms with Gasteiger partial charge in [-0.2, -0.15) is 0 Å². The molecule has 4 nitrogen and oxygen atoms in total. The van der Waals surface area contributed by atoms with Crippen LogP contribution >= 0.6 is 0 Å². The van der Waals surface area contributed by atoms with Gasteiger partial charge in [0.1, 0.15) is 0 Å². The van der Waals surface area contributed by atoms with Crippen molar-refractivity contribution in [2.75, 3.05) is 5.73 Å². The molecule has 2 aromatic carbocycles. The van der Waals surface area contributed by atoms with E-state index in [1.54, 1.807) is 0 Å². The molecule has 0 amide bonds. The van der Waals surface area contributed by atoms with Crippen molar-refractivity contribution in [2.24, 2.45) is 0 Å². The van der Waals surface area contributed by atoms with Gasteiger partial charge in [0.2, 0.25) is 11.8 Å². The fourth-order valence-corrected chi connectivity index (χ4v) is 2.19. The van der Waals surface area contributed by atoms with E-state index in [0.717, 1.165) is 22.3 Å². The molecule has 3 aromatic rings. The Kier molecular flexibility index (Phi) is 2.99. The van der Waals surface area contributed by atoms with Crippen LogP contribution in [0.3, 0.4) is 0 Å². The second-order valence-electron chi connectivity index (χ2n) is 4.82. The normalized spacial score (nSPS) is 10.7. The molecule has 0 aliphatic heterocycles. The maximum atomic E-state index is 6.10. The van der Waals surface area contributed by atoms with Gasteiger partial charge in [-0.3, -0.25) is 0 Å². The number of nitrogen functional groups attached to an aromatic ring is 1. The van der Waals surface area contributed by atoms with Gasteiger partial charge in [-0.15, -0.1) is 10.2 Å². The van der Waals surface area contributed by atoms with Gasteiger partial charge in [0.25, 0.3) is 0 Å². The Morgan fingerprint density at radius 1 is 0.950 bits per heavy atom. The Hall–Kier alpha value is -2.62. The van der Waals surface area contributed by atoms with Crippen molar-refractivity contribution in [1.82, 2.24) is 10.2 Å². The van der Waals surface area contributed by atoms with Crippen molar-refractivity contribution in [3.8, 4) is 22.9 Å². The van der Waals surface area contributed by atoms with Crippen LogP contribution in [0.5, 0.6) is 0 Å². The van der Waals surface area contributed by atoms with E-state index >= 15 is 0 Å². The predicted molar refractivity (Wildman–Crippen MR) is 79.1 cm³/mol. The number of nitrogens with two attached hydrogens (primary N) is 1. The zero-order chi connectivity index (χ0) is 14.1. The zero-order valence-electron chi connectivity index (χ0n) is 11.4. The zero-order valence-corrected chi connectivity index (χ0v) is 11.4. The molecule has 0 saturated heterocycles. The molecule has 20 heavy (non-hydrogen) atoms. The third-order valence-electron chi connectivity index (χ3n) is 3.21. The lowest BCUT2D eigenvalue weighted by Gasteiger charge is -2.06. The Balaban J connectivity index is 2.07. The summed E-state index contributed by atoms with van der Waals surface area (Å²) < 4.78 is 5.74. The Labute approximate surface area is 117 Å². The lowest BCUT2D eigenvalue weighted by molar-refractivity contribution is 0.585. The number of rotatable bonds is 2. The van der Waals surface area contributed by atoms with Gasteiger partial charge >= 0.3 is 0 Å². The molecule has 0 aliphatic rings. The van der Waals surface area contributed by atoms with E-state index in [1.807, 2.05) is 56.3 Å². The van der Waals surface area contributed by atoms with Gasteiger partial charge < -0.3 is 10.2 Å². The van der Waals surface area contributed by atoms with Gasteiger partial charge in [-0.05, 0) is 43.2 Å². The molecule has 1 aromatic heterocycles. The average Bonchev–Trinajstić information content (AvgIpc) is 2.93. The summed E-state index contributed by atoms with van der Waals surface area (Å²) in [4.78, 5) is 0. The summed E-state index contributed by atoms with van der Waals surface area (Å²) in [7, 11) is 0. The number of hydrogen-bond donors (Lipinski definition) is 1. The Morgan fingerprint density at radius 3 is 2.40 bits per heavy atom. The molecule has 1 heterocycles. The molecular weight excluding hydrogens is 250 g/mol. The summed E-state index contributed by atoms with van der Waals surface area (Å²) in [6.07, 6.45) is 0. The van der Waals surface area contributed by atoms with Crippen LogP contribution in [0.25, 0.3) is 22.9 Å². The highest BCUT2D eigenvalue weighted by molar-refractivity contribution is 5.74. The molecule has 100 valence electrons. The van der Waals surface area contributed by atoms with Crippen LogP contribution in [0.4, 0.5) is 5.69 Å². The number of aromatic nitrogens is 2. The standard InChI is InChI=1S/C16H15N3O/c1-10-8-11(2)14(17)13(9-10)16-19-18-15(20-16)12-6-4-3-5-7-12/h3-9H,17H2,1-2H3. The number of benzene rings is 2. The lowest BCUT2D eigenvalue weighted by atomic mass is 10.0. The van der Waals surface area contributed by atoms with Crippen molar-refractivity contribution in [3.05, 3.63) is 53.6 Å². The molecule has 0 fully saturated rings. The fourth-order valence-electron chi connectivity index (χ4n) is 2.19. The predicted octanol–water partition coefficient (Wildman–Crippen LogP) is 3.60. The molecule has 0 unspecified atom stereocenters. The minimum Gasteiger partial charge on any atom is -0.416 e. The topological polar surface area (TPSA) is 64.9 Å². The first kappa shape index (κ1) is 12.4. The van der Waals surface area contributed by atoms with E-state index in [0.29, 0.717) is 17.5 Å². The third-order valence-corrected chi connectivity index (χ3v) is 3.21. The minimum atomic E-state index is 0.452. The SMILES string of the molecule is Cc1cc(C)c(N)c(-c2nnc(-c3ccccc3)o2)c1. The quantitative estimate of drug-likeness (QED) is 0.719. The number of nitrogens with zero attached hydrogens (tertiary/aromatic N) is 2. The van der Waals surface area contributed by atoms with Crippen molar-refractivity contribution >= 4 is 5.69 Å². The van der Waals surface area contributed by atoms with Crippen LogP contribution in [-0.4, -0.2) is 10.2 Å². The summed E-state index contributed by atoms with van der Waals surface area (Å²) in [5.41, 5.74) is 10.6. The van der Waals surface area contributed by atoms with E-state index in [9.17, 15) is 0 Å². The maximum Gasteiger partial charge on any atom is 0.250 e. The van der Waals surface area contributed by atoms with E-state index < -0.39 is 0 Å². The van der Waals surface area contributed by atoms with Crippen LogP contribution in [0.15, 0.2) is 46.9 Å². The molecule has 0 bridgehead atoms. The number of anilines is 1. The monoisotopic (exact) mass is 265 g/mol. The second-order valence-corrected chi connectivity index (χ2v) is 4.82. The van der Waals surface area contributed by atoms with Crippen molar-refractivity contribution in [1.29, 1.82) is 0 Å². The van der Waals surface area contributed by atoms with Crippen LogP contribution in [-0.2, 0) is 0 Å². The van der Waals surface area contributed by atoms with Gasteiger partial charge in [-0.1, -0.05) is 24.3 Å². The van der Waals surface area contributed by atoms with Crippen molar-refractivity contribution in [2.45, 2.75) is 13.8 Å². The first-order valence-corrected chi connectivity index (χ1v) is 6.41. The van der Waals surface area contributed by atoms with Gasteiger partial charge in [-0.25, -0.2) is 0 Å².